The first-order valence-electron chi connectivity index (χ1n) is 10.5. The molecule has 3 aromatic carbocycles. The predicted molar refractivity (Wildman–Crippen MR) is 130 cm³/mol. The molecule has 9 heteroatoms. The zero-order valence-electron chi connectivity index (χ0n) is 18.6. The quantitative estimate of drug-likeness (QED) is 0.304. The van der Waals surface area contributed by atoms with Gasteiger partial charge < -0.3 is 10.1 Å². The normalized spacial score (nSPS) is 11.2. The first-order valence-corrected chi connectivity index (χ1v) is 11.7. The van der Waals surface area contributed by atoms with Gasteiger partial charge in [-0.2, -0.15) is 0 Å². The molecular weight excluding hydrogens is 480 g/mol. The fourth-order valence-corrected chi connectivity index (χ4v) is 4.39. The number of nitrogens with one attached hydrogen (secondary N) is 1. The van der Waals surface area contributed by atoms with Gasteiger partial charge in [0.15, 0.2) is 11.6 Å². The summed E-state index contributed by atoms with van der Waals surface area (Å²) in [4.78, 5) is 18.8. The Morgan fingerprint density at radius 2 is 1.91 bits per heavy atom. The maximum absolute atomic E-state index is 15.0. The molecule has 176 valence electrons. The van der Waals surface area contributed by atoms with Crippen LogP contribution in [0.2, 0.25) is 5.02 Å². The number of nitrogens with zero attached hydrogens (tertiary/aromatic N) is 2. The van der Waals surface area contributed by atoms with Gasteiger partial charge in [-0.05, 0) is 49.9 Å². The molecule has 5 nitrogen and oxygen atoms in total. The van der Waals surface area contributed by atoms with E-state index in [1.165, 1.54) is 11.3 Å². The third-order valence-corrected chi connectivity index (χ3v) is 6.36. The highest BCUT2D eigenvalue weighted by molar-refractivity contribution is 7.18. The van der Waals surface area contributed by atoms with E-state index >= 15 is 0 Å². The van der Waals surface area contributed by atoms with Crippen LogP contribution in [0.4, 0.5) is 8.78 Å². The molecule has 0 spiro atoms. The Morgan fingerprint density at radius 3 is 2.68 bits per heavy atom. The summed E-state index contributed by atoms with van der Waals surface area (Å²) < 4.78 is 35.8. The number of carbonyl (C=O) groups excluding carboxylic acids is 1. The van der Waals surface area contributed by atoms with Gasteiger partial charge >= 0.3 is 0 Å². The topological polar surface area (TPSA) is 54.5 Å². The van der Waals surface area contributed by atoms with Crippen molar-refractivity contribution in [3.05, 3.63) is 93.0 Å². The van der Waals surface area contributed by atoms with Gasteiger partial charge in [0.05, 0.1) is 16.9 Å². The fraction of sp³-hybridized carbons (Fsp3) is 0.200. The summed E-state index contributed by atoms with van der Waals surface area (Å²) in [6.45, 7) is 2.66. The molecule has 1 aromatic heterocycles. The van der Waals surface area contributed by atoms with Crippen LogP contribution in [0.3, 0.4) is 0 Å². The largest absolute Gasteiger partial charge is 0.483 e. The second kappa shape index (κ2) is 10.5. The minimum Gasteiger partial charge on any atom is -0.483 e. The molecule has 0 atom stereocenters. The van der Waals surface area contributed by atoms with E-state index in [1.807, 2.05) is 42.2 Å². The average molecular weight is 502 g/mol. The summed E-state index contributed by atoms with van der Waals surface area (Å²) in [5.74, 6) is -3.09. The van der Waals surface area contributed by atoms with Crippen LogP contribution in [0.15, 0.2) is 54.6 Å². The second-order valence-electron chi connectivity index (χ2n) is 7.91. The number of thiazole rings is 1. The third-order valence-electron chi connectivity index (χ3n) is 5.11. The van der Waals surface area contributed by atoms with E-state index in [4.69, 9.17) is 16.3 Å². The van der Waals surface area contributed by atoms with Crippen LogP contribution in [0.5, 0.6) is 5.75 Å². The number of aryl methyl sites for hydroxylation is 1. The van der Waals surface area contributed by atoms with Gasteiger partial charge in [0.1, 0.15) is 23.0 Å². The van der Waals surface area contributed by atoms with E-state index in [1.54, 1.807) is 19.2 Å². The predicted octanol–water partition coefficient (Wildman–Crippen LogP) is 5.93. The van der Waals surface area contributed by atoms with E-state index < -0.39 is 23.1 Å². The van der Waals surface area contributed by atoms with Crippen molar-refractivity contribution < 1.29 is 18.3 Å². The average Bonchev–Trinajstić information content (AvgIpc) is 3.20. The van der Waals surface area contributed by atoms with Gasteiger partial charge in [0, 0.05) is 11.6 Å². The zero-order chi connectivity index (χ0) is 24.2. The van der Waals surface area contributed by atoms with E-state index in [2.05, 4.69) is 10.3 Å². The van der Waals surface area contributed by atoms with Crippen molar-refractivity contribution in [2.45, 2.75) is 20.1 Å². The summed E-state index contributed by atoms with van der Waals surface area (Å²) in [5.41, 5.74) is 2.25. The number of rotatable bonds is 8. The Balaban J connectivity index is 1.40. The van der Waals surface area contributed by atoms with Gasteiger partial charge in [-0.15, -0.1) is 11.3 Å². The monoisotopic (exact) mass is 501 g/mol. The summed E-state index contributed by atoms with van der Waals surface area (Å²) in [6.07, 6.45) is 0. The van der Waals surface area contributed by atoms with E-state index in [-0.39, 0.29) is 19.0 Å². The number of benzene rings is 3. The molecule has 0 aliphatic rings. The standard InChI is InChI=1S/C25H22ClF2N3O2S/c1-15-3-5-16(6-4-15)12-31(2)14-29-25(32)23-18(27)8-9-20(24(23)28)33-13-22-30-19-11-17(26)7-10-21(19)34-22/h3-11H,12-14H2,1-2H3,(H,29,32). The van der Waals surface area contributed by atoms with Crippen molar-refractivity contribution >= 4 is 39.1 Å². The molecule has 1 amide bonds. The summed E-state index contributed by atoms with van der Waals surface area (Å²) in [6, 6.07) is 15.5. The minimum atomic E-state index is -1.05. The first kappa shape index (κ1) is 24.1. The van der Waals surface area contributed by atoms with E-state index in [0.717, 1.165) is 28.0 Å². The summed E-state index contributed by atoms with van der Waals surface area (Å²) >= 11 is 7.36. The van der Waals surface area contributed by atoms with Gasteiger partial charge in [0.25, 0.3) is 5.91 Å². The number of carbonyl (C=O) groups is 1. The van der Waals surface area contributed by atoms with Crippen molar-refractivity contribution in [3.63, 3.8) is 0 Å². The summed E-state index contributed by atoms with van der Waals surface area (Å²) in [5, 5.41) is 3.73. The highest BCUT2D eigenvalue weighted by Crippen LogP contribution is 2.28. The van der Waals surface area contributed by atoms with Crippen LogP contribution >= 0.6 is 22.9 Å². The second-order valence-corrected chi connectivity index (χ2v) is 9.46. The number of amides is 1. The molecule has 0 unspecified atom stereocenters. The number of hydrogen-bond donors (Lipinski definition) is 1. The first-order chi connectivity index (χ1) is 16.3. The minimum absolute atomic E-state index is 0.0279. The van der Waals surface area contributed by atoms with Crippen LogP contribution in [-0.2, 0) is 13.2 Å². The smallest absolute Gasteiger partial charge is 0.258 e. The Labute approximate surface area is 204 Å². The van der Waals surface area contributed by atoms with Crippen LogP contribution in [0.25, 0.3) is 10.2 Å². The lowest BCUT2D eigenvalue weighted by Crippen LogP contribution is -2.35. The van der Waals surface area contributed by atoms with Crippen LogP contribution in [-0.4, -0.2) is 29.5 Å². The van der Waals surface area contributed by atoms with Gasteiger partial charge in [-0.25, -0.2) is 13.8 Å². The van der Waals surface area contributed by atoms with E-state index in [0.29, 0.717) is 22.1 Å². The van der Waals surface area contributed by atoms with Crippen molar-refractivity contribution in [2.24, 2.45) is 0 Å². The molecular formula is C25H22ClF2N3O2S. The molecule has 1 N–H and O–H groups in total. The highest BCUT2D eigenvalue weighted by Gasteiger charge is 2.22. The van der Waals surface area contributed by atoms with Crippen LogP contribution in [0, 0.1) is 18.6 Å². The number of fused-ring (bicyclic) bond motifs is 1. The van der Waals surface area contributed by atoms with Gasteiger partial charge in [0.2, 0.25) is 0 Å². The van der Waals surface area contributed by atoms with Gasteiger partial charge in [-0.1, -0.05) is 41.4 Å². The Bertz CT molecular complexity index is 1330. The molecule has 4 aromatic rings. The van der Waals surface area contributed by atoms with Gasteiger partial charge in [-0.3, -0.25) is 9.69 Å². The number of aromatic nitrogens is 1. The Morgan fingerprint density at radius 1 is 1.15 bits per heavy atom. The molecule has 34 heavy (non-hydrogen) atoms. The molecule has 0 aliphatic heterocycles. The molecule has 0 aliphatic carbocycles. The molecule has 1 heterocycles. The summed E-state index contributed by atoms with van der Waals surface area (Å²) in [7, 11) is 1.80. The molecule has 0 saturated heterocycles. The lowest BCUT2D eigenvalue weighted by molar-refractivity contribution is 0.0918. The number of hydrogen-bond acceptors (Lipinski definition) is 5. The van der Waals surface area contributed by atoms with Crippen LogP contribution < -0.4 is 10.1 Å². The molecule has 0 saturated carbocycles. The zero-order valence-corrected chi connectivity index (χ0v) is 20.1. The lowest BCUT2D eigenvalue weighted by Gasteiger charge is -2.18. The molecule has 4 rings (SSSR count). The van der Waals surface area contributed by atoms with Crippen molar-refractivity contribution in [1.82, 2.24) is 15.2 Å². The Hall–Kier alpha value is -3.07. The molecule has 0 fully saturated rings. The van der Waals surface area contributed by atoms with Crippen molar-refractivity contribution in [1.29, 1.82) is 0 Å². The fourth-order valence-electron chi connectivity index (χ4n) is 3.36. The Kier molecular flexibility index (Phi) is 7.41. The lowest BCUT2D eigenvalue weighted by atomic mass is 10.1. The van der Waals surface area contributed by atoms with E-state index in [9.17, 15) is 13.6 Å². The number of halogens is 3. The SMILES string of the molecule is Cc1ccc(CN(C)CNC(=O)c2c(F)ccc(OCc3nc4cc(Cl)ccc4s3)c2F)cc1. The molecule has 0 bridgehead atoms. The molecule has 0 radical (unpaired) electrons. The van der Waals surface area contributed by atoms with Crippen LogP contribution in [0.1, 0.15) is 26.5 Å². The number of ether oxygens (including phenoxy) is 1. The third kappa shape index (κ3) is 5.70. The maximum Gasteiger partial charge on any atom is 0.258 e. The van der Waals surface area contributed by atoms with Crippen molar-refractivity contribution in [2.75, 3.05) is 13.7 Å². The van der Waals surface area contributed by atoms with Crippen molar-refractivity contribution in [3.8, 4) is 5.75 Å². The maximum atomic E-state index is 15.0. The highest BCUT2D eigenvalue weighted by atomic mass is 35.5.